The minimum Gasteiger partial charge on any atom is -0.368 e. The molecule has 2 amide bonds. The van der Waals surface area contributed by atoms with E-state index in [1.807, 2.05) is 0 Å². The van der Waals surface area contributed by atoms with Crippen LogP contribution >= 0.6 is 0 Å². The molecule has 1 aliphatic rings. The van der Waals surface area contributed by atoms with Gasteiger partial charge >= 0.3 is 0 Å². The number of benzene rings is 1. The van der Waals surface area contributed by atoms with Gasteiger partial charge in [-0.3, -0.25) is 9.59 Å². The maximum absolute atomic E-state index is 13.1. The number of rotatable bonds is 6. The number of amides is 2. The third-order valence-electron chi connectivity index (χ3n) is 5.14. The molecule has 1 aromatic carbocycles. The van der Waals surface area contributed by atoms with E-state index in [1.54, 1.807) is 47.2 Å². The van der Waals surface area contributed by atoms with E-state index in [1.165, 1.54) is 12.1 Å². The van der Waals surface area contributed by atoms with Crippen molar-refractivity contribution in [1.82, 2.24) is 14.8 Å². The maximum Gasteiger partial charge on any atom is 0.272 e. The molecule has 0 unspecified atom stereocenters. The van der Waals surface area contributed by atoms with Gasteiger partial charge in [-0.05, 0) is 42.8 Å². The van der Waals surface area contributed by atoms with Gasteiger partial charge in [0.05, 0.1) is 0 Å². The fraction of sp³-hybridized carbons (Fsp3) is 0.409. The lowest BCUT2D eigenvalue weighted by atomic mass is 10.2. The van der Waals surface area contributed by atoms with E-state index in [0.717, 1.165) is 18.5 Å². The number of aromatic nitrogens is 1. The van der Waals surface area contributed by atoms with E-state index >= 15 is 0 Å². The smallest absolute Gasteiger partial charge is 0.272 e. The van der Waals surface area contributed by atoms with Gasteiger partial charge in [-0.2, -0.15) is 0 Å². The highest BCUT2D eigenvalue weighted by molar-refractivity contribution is 5.96. The molecule has 0 spiro atoms. The lowest BCUT2D eigenvalue weighted by Gasteiger charge is -2.36. The maximum atomic E-state index is 13.1. The molecule has 2 aromatic rings. The number of hydrogen-bond acceptors (Lipinski definition) is 4. The van der Waals surface area contributed by atoms with Crippen molar-refractivity contribution in [3.63, 3.8) is 0 Å². The topological polar surface area (TPSA) is 56.8 Å². The molecular formula is C22H27FN4O2. The van der Waals surface area contributed by atoms with Crippen LogP contribution in [0.2, 0.25) is 0 Å². The molecule has 1 fully saturated rings. The normalized spacial score (nSPS) is 14.0. The molecule has 2 heterocycles. The van der Waals surface area contributed by atoms with E-state index < -0.39 is 0 Å². The van der Waals surface area contributed by atoms with Crippen molar-refractivity contribution in [3.05, 3.63) is 59.7 Å². The van der Waals surface area contributed by atoms with Gasteiger partial charge < -0.3 is 14.7 Å². The molecule has 1 aromatic heterocycles. The molecule has 29 heavy (non-hydrogen) atoms. The van der Waals surface area contributed by atoms with Gasteiger partial charge in [0.15, 0.2) is 0 Å². The Labute approximate surface area is 170 Å². The predicted octanol–water partition coefficient (Wildman–Crippen LogP) is 3.06. The van der Waals surface area contributed by atoms with Crippen molar-refractivity contribution in [3.8, 4) is 0 Å². The summed E-state index contributed by atoms with van der Waals surface area (Å²) in [6.45, 7) is 5.16. The zero-order valence-corrected chi connectivity index (χ0v) is 17.0. The molecule has 0 aliphatic carbocycles. The van der Waals surface area contributed by atoms with E-state index in [0.29, 0.717) is 38.4 Å². The highest BCUT2D eigenvalue weighted by Gasteiger charge is 2.24. The summed E-state index contributed by atoms with van der Waals surface area (Å²) in [5, 5.41) is 0. The molecule has 154 valence electrons. The SMILES string of the molecule is CCCCN(C)C(=O)c1cccc(C(=O)N2CCN(c3ccc(F)cc3)CC2)n1. The van der Waals surface area contributed by atoms with Gasteiger partial charge in [-0.15, -0.1) is 0 Å². The van der Waals surface area contributed by atoms with Crippen LogP contribution < -0.4 is 4.90 Å². The van der Waals surface area contributed by atoms with Crippen LogP contribution in [0, 0.1) is 5.82 Å². The Balaban J connectivity index is 1.62. The van der Waals surface area contributed by atoms with Crippen LogP contribution in [0.3, 0.4) is 0 Å². The Morgan fingerprint density at radius 3 is 2.34 bits per heavy atom. The van der Waals surface area contributed by atoms with Crippen LogP contribution in [-0.2, 0) is 0 Å². The van der Waals surface area contributed by atoms with Gasteiger partial charge in [0.2, 0.25) is 0 Å². The van der Waals surface area contributed by atoms with Crippen molar-refractivity contribution in [2.45, 2.75) is 19.8 Å². The quantitative estimate of drug-likeness (QED) is 0.751. The molecular weight excluding hydrogens is 371 g/mol. The first-order chi connectivity index (χ1) is 14.0. The number of carbonyl (C=O) groups excluding carboxylic acids is 2. The Bertz CT molecular complexity index is 848. The molecule has 7 heteroatoms. The number of anilines is 1. The van der Waals surface area contributed by atoms with Crippen LogP contribution in [0.4, 0.5) is 10.1 Å². The average Bonchev–Trinajstić information content (AvgIpc) is 2.77. The first-order valence-electron chi connectivity index (χ1n) is 10.0. The minimum atomic E-state index is -0.261. The van der Waals surface area contributed by atoms with Gasteiger partial charge in [-0.1, -0.05) is 19.4 Å². The number of unbranched alkanes of at least 4 members (excludes halogenated alkanes) is 1. The van der Waals surface area contributed by atoms with Gasteiger partial charge in [0.1, 0.15) is 17.2 Å². The zero-order valence-electron chi connectivity index (χ0n) is 17.0. The molecule has 0 radical (unpaired) electrons. The molecule has 1 aliphatic heterocycles. The lowest BCUT2D eigenvalue weighted by Crippen LogP contribution is -2.49. The largest absolute Gasteiger partial charge is 0.368 e. The Hall–Kier alpha value is -2.96. The fourth-order valence-electron chi connectivity index (χ4n) is 3.35. The van der Waals surface area contributed by atoms with Crippen LogP contribution in [0.5, 0.6) is 0 Å². The highest BCUT2D eigenvalue weighted by Crippen LogP contribution is 2.18. The number of carbonyl (C=O) groups is 2. The average molecular weight is 398 g/mol. The van der Waals surface area contributed by atoms with Crippen LogP contribution in [0.25, 0.3) is 0 Å². The summed E-state index contributed by atoms with van der Waals surface area (Å²) in [4.78, 5) is 35.2. The Morgan fingerprint density at radius 1 is 1.03 bits per heavy atom. The van der Waals surface area contributed by atoms with Gasteiger partial charge in [0.25, 0.3) is 11.8 Å². The molecule has 0 N–H and O–H groups in total. The summed E-state index contributed by atoms with van der Waals surface area (Å²) in [6, 6.07) is 11.4. The van der Waals surface area contributed by atoms with Crippen molar-refractivity contribution in [2.24, 2.45) is 0 Å². The second kappa shape index (κ2) is 9.49. The van der Waals surface area contributed by atoms with Gasteiger partial charge in [-0.25, -0.2) is 9.37 Å². The Morgan fingerprint density at radius 2 is 1.69 bits per heavy atom. The predicted molar refractivity (Wildman–Crippen MR) is 111 cm³/mol. The third kappa shape index (κ3) is 5.10. The van der Waals surface area contributed by atoms with Crippen LogP contribution in [-0.4, -0.2) is 66.4 Å². The molecule has 0 atom stereocenters. The van der Waals surface area contributed by atoms with Crippen LogP contribution in [0.15, 0.2) is 42.5 Å². The molecule has 0 saturated carbocycles. The highest BCUT2D eigenvalue weighted by atomic mass is 19.1. The molecule has 6 nitrogen and oxygen atoms in total. The van der Waals surface area contributed by atoms with Gasteiger partial charge in [0, 0.05) is 45.5 Å². The van der Waals surface area contributed by atoms with E-state index in [4.69, 9.17) is 0 Å². The monoisotopic (exact) mass is 398 g/mol. The molecule has 1 saturated heterocycles. The summed E-state index contributed by atoms with van der Waals surface area (Å²) in [5.74, 6) is -0.604. The number of hydrogen-bond donors (Lipinski definition) is 0. The summed E-state index contributed by atoms with van der Waals surface area (Å²) in [5.41, 5.74) is 1.52. The Kier molecular flexibility index (Phi) is 6.80. The van der Waals surface area contributed by atoms with Crippen molar-refractivity contribution in [2.75, 3.05) is 44.7 Å². The zero-order chi connectivity index (χ0) is 20.8. The van der Waals surface area contributed by atoms with Crippen LogP contribution in [0.1, 0.15) is 40.7 Å². The second-order valence-electron chi connectivity index (χ2n) is 7.24. The summed E-state index contributed by atoms with van der Waals surface area (Å²) < 4.78 is 13.1. The van der Waals surface area contributed by atoms with Crippen molar-refractivity contribution >= 4 is 17.5 Å². The summed E-state index contributed by atoms with van der Waals surface area (Å²) in [6.07, 6.45) is 1.94. The van der Waals surface area contributed by atoms with Crippen molar-refractivity contribution < 1.29 is 14.0 Å². The number of piperazine rings is 1. The van der Waals surface area contributed by atoms with Crippen molar-refractivity contribution in [1.29, 1.82) is 0 Å². The lowest BCUT2D eigenvalue weighted by molar-refractivity contribution is 0.0739. The standard InChI is InChI=1S/C22H27FN4O2/c1-3-4-12-25(2)21(28)19-6-5-7-20(24-19)22(29)27-15-13-26(14-16-27)18-10-8-17(23)9-11-18/h5-11H,3-4,12-16H2,1-2H3. The second-order valence-corrected chi connectivity index (χ2v) is 7.24. The number of nitrogens with zero attached hydrogens (tertiary/aromatic N) is 4. The summed E-state index contributed by atoms with van der Waals surface area (Å²) in [7, 11) is 1.75. The first-order valence-corrected chi connectivity index (χ1v) is 10.0. The van der Waals surface area contributed by atoms with E-state index in [-0.39, 0.29) is 23.3 Å². The molecule has 0 bridgehead atoms. The summed E-state index contributed by atoms with van der Waals surface area (Å²) >= 11 is 0. The number of pyridine rings is 1. The number of halogens is 1. The van der Waals surface area contributed by atoms with E-state index in [9.17, 15) is 14.0 Å². The molecule has 3 rings (SSSR count). The first kappa shape index (κ1) is 20.8. The minimum absolute atomic E-state index is 0.172. The van der Waals surface area contributed by atoms with E-state index in [2.05, 4.69) is 16.8 Å². The fourth-order valence-corrected chi connectivity index (χ4v) is 3.35. The third-order valence-corrected chi connectivity index (χ3v) is 5.14.